The Morgan fingerprint density at radius 3 is 1.26 bits per heavy atom. The van der Waals surface area contributed by atoms with E-state index in [1.165, 1.54) is 4.90 Å². The highest BCUT2D eigenvalue weighted by Gasteiger charge is 2.49. The zero-order chi connectivity index (χ0) is 71.3. The molecule has 100 heavy (non-hydrogen) atoms. The Morgan fingerprint density at radius 2 is 0.850 bits per heavy atom. The van der Waals surface area contributed by atoms with Gasteiger partial charge in [-0.05, 0) is 50.8 Å². The van der Waals surface area contributed by atoms with Gasteiger partial charge < -0.3 is 74.4 Å². The van der Waals surface area contributed by atoms with Crippen LogP contribution in [-0.2, 0) is 22.5 Å². The average Bonchev–Trinajstić information content (AvgIpc) is 1.62. The average molecular weight is 1420 g/mol. The highest BCUT2D eigenvalue weighted by molar-refractivity contribution is 5.92. The second-order valence-electron chi connectivity index (χ2n) is 23.3. The van der Waals surface area contributed by atoms with Gasteiger partial charge in [-0.3, -0.25) is 0 Å². The number of carbonyl (C=O) groups excluding carboxylic acids is 3. The summed E-state index contributed by atoms with van der Waals surface area (Å²) in [5.74, 6) is -10.1. The van der Waals surface area contributed by atoms with E-state index >= 15 is 22.0 Å². The summed E-state index contributed by atoms with van der Waals surface area (Å²) < 4.78 is 249. The highest BCUT2D eigenvalue weighted by atomic mass is 19.4. The lowest BCUT2D eigenvalue weighted by Gasteiger charge is -2.22. The second kappa shape index (κ2) is 27.7. The maximum absolute atomic E-state index is 15.2. The van der Waals surface area contributed by atoms with Crippen molar-refractivity contribution < 1.29 is 108 Å². The Morgan fingerprint density at radius 1 is 0.500 bits per heavy atom. The fraction of sp³-hybridized carbons (Fsp3) is 0.361. The third-order valence-corrected chi connectivity index (χ3v) is 16.4. The summed E-state index contributed by atoms with van der Waals surface area (Å²) in [5, 5.41) is 20.4. The van der Waals surface area contributed by atoms with Crippen LogP contribution < -0.4 is 46.6 Å². The lowest BCUT2D eigenvalue weighted by molar-refractivity contribution is -0.159. The molecule has 3 aliphatic rings. The van der Waals surface area contributed by atoms with E-state index in [4.69, 9.17) is 22.7 Å². The van der Waals surface area contributed by atoms with Gasteiger partial charge in [-0.25, -0.2) is 70.6 Å². The van der Waals surface area contributed by atoms with E-state index in [0.717, 1.165) is 62.3 Å². The minimum absolute atomic E-state index is 0.0228. The molecule has 3 aromatic carbocycles. The lowest BCUT2D eigenvalue weighted by atomic mass is 10.0. The number of urea groups is 3. The molecule has 0 aliphatic carbocycles. The fourth-order valence-electron chi connectivity index (χ4n) is 11.8. The number of nitrogens with one attached hydrogen (secondary N) is 6. The Labute approximate surface area is 551 Å². The molecule has 6 atom stereocenters. The predicted octanol–water partition coefficient (Wildman–Crippen LogP) is 11.9. The third-order valence-electron chi connectivity index (χ3n) is 16.4. The number of furan rings is 3. The second-order valence-corrected chi connectivity index (χ2v) is 23.3. The first-order valence-corrected chi connectivity index (χ1v) is 30.1. The van der Waals surface area contributed by atoms with Crippen LogP contribution in [0.3, 0.4) is 0 Å². The number of ether oxygens (including phenoxy) is 2. The van der Waals surface area contributed by atoms with Crippen LogP contribution in [0.4, 0.5) is 115 Å². The molecule has 1 unspecified atom stereocenters. The first-order valence-electron chi connectivity index (χ1n) is 30.1. The normalized spacial score (nSPS) is 17.7. The molecule has 6 aromatic heterocycles. The number of anilines is 6. The van der Waals surface area contributed by atoms with Crippen molar-refractivity contribution >= 4 is 85.9 Å². The number of nitrogens with zero attached hydrogens (tertiary/aromatic N) is 9. The van der Waals surface area contributed by atoms with Gasteiger partial charge in [-0.2, -0.15) is 39.5 Å². The molecule has 9 heterocycles. The molecule has 7 N–H and O–H groups in total. The van der Waals surface area contributed by atoms with E-state index < -0.39 is 171 Å². The molecule has 530 valence electrons. The van der Waals surface area contributed by atoms with E-state index in [0.29, 0.717) is 31.2 Å². The minimum atomic E-state index is -5.35. The van der Waals surface area contributed by atoms with Gasteiger partial charge >= 0.3 is 36.6 Å². The van der Waals surface area contributed by atoms with Crippen LogP contribution in [0.5, 0.6) is 0 Å². The van der Waals surface area contributed by atoms with Gasteiger partial charge in [0.2, 0.25) is 17.8 Å². The van der Waals surface area contributed by atoms with Gasteiger partial charge in [0, 0.05) is 90.3 Å². The molecule has 0 bridgehead atoms. The number of β-amino-alcohol motifs (C(OH)–C–C–N with tert-alkyl or cyclic N) is 1. The van der Waals surface area contributed by atoms with Crippen LogP contribution >= 0.6 is 0 Å². The summed E-state index contributed by atoms with van der Waals surface area (Å²) >= 11 is 0. The molecule has 3 aliphatic heterocycles. The molecule has 9 aromatic rings. The van der Waals surface area contributed by atoms with Crippen LogP contribution in [0.25, 0.3) is 32.9 Å². The number of alkyl halides is 9. The van der Waals surface area contributed by atoms with E-state index in [-0.39, 0.29) is 104 Å². The molecule has 6 amide bonds. The number of halogens is 15. The Bertz CT molecular complexity index is 4520. The molecule has 3 fully saturated rings. The molecule has 39 heteroatoms. The first-order chi connectivity index (χ1) is 47.4. The number of hydrogen-bond donors (Lipinski definition) is 7. The monoisotopic (exact) mass is 1420 g/mol. The number of carbonyl (C=O) groups is 3. The fourth-order valence-corrected chi connectivity index (χ4v) is 11.8. The van der Waals surface area contributed by atoms with E-state index in [1.54, 1.807) is 25.8 Å². The lowest BCUT2D eigenvalue weighted by Crippen LogP contribution is -2.40. The van der Waals surface area contributed by atoms with Crippen molar-refractivity contribution in [3.05, 3.63) is 142 Å². The summed E-state index contributed by atoms with van der Waals surface area (Å²) in [6.45, 7) is 1.08. The number of aliphatic hydroxyl groups excluding tert-OH is 1. The van der Waals surface area contributed by atoms with Crippen molar-refractivity contribution in [3.63, 3.8) is 0 Å². The van der Waals surface area contributed by atoms with Crippen LogP contribution in [0.2, 0.25) is 0 Å². The number of aromatic nitrogens is 6. The van der Waals surface area contributed by atoms with Crippen molar-refractivity contribution in [1.82, 2.24) is 45.9 Å². The Hall–Kier alpha value is -10.4. The van der Waals surface area contributed by atoms with Crippen molar-refractivity contribution in [2.24, 2.45) is 0 Å². The molecule has 0 spiro atoms. The summed E-state index contributed by atoms with van der Waals surface area (Å²) in [6.07, 6.45) is -11.1. The van der Waals surface area contributed by atoms with Gasteiger partial charge in [0.15, 0.2) is 52.3 Å². The van der Waals surface area contributed by atoms with Crippen molar-refractivity contribution in [1.29, 1.82) is 0 Å². The molecular formula is C61H52F15N15O9. The molecule has 0 radical (unpaired) electrons. The topological polar surface area (TPSA) is 289 Å². The van der Waals surface area contributed by atoms with E-state index in [9.17, 15) is 63.4 Å². The summed E-state index contributed by atoms with van der Waals surface area (Å²) in [7, 11) is 0. The van der Waals surface area contributed by atoms with Crippen LogP contribution in [0, 0.1) is 41.8 Å². The number of aryl methyl sites for hydroxylation is 1. The third kappa shape index (κ3) is 15.2. The summed E-state index contributed by atoms with van der Waals surface area (Å²) in [5.41, 5.74) is -3.89. The number of hydrogen-bond acceptors (Lipinski definition) is 18. The molecule has 0 saturated carbocycles. The smallest absolute Gasteiger partial charge is 0.416 e. The van der Waals surface area contributed by atoms with Gasteiger partial charge in [0.25, 0.3) is 0 Å². The number of benzene rings is 3. The van der Waals surface area contributed by atoms with Crippen molar-refractivity contribution in [3.8, 4) is 0 Å². The molecular weight excluding hydrogens is 1370 g/mol. The van der Waals surface area contributed by atoms with Crippen molar-refractivity contribution in [2.75, 3.05) is 76.5 Å². The van der Waals surface area contributed by atoms with E-state index in [2.05, 4.69) is 45.9 Å². The quantitative estimate of drug-likeness (QED) is 0.0370. The molecule has 12 rings (SSSR count). The summed E-state index contributed by atoms with van der Waals surface area (Å²) in [6, 6.07) is -9.65. The van der Waals surface area contributed by atoms with Gasteiger partial charge in [0.05, 0.1) is 85.8 Å². The maximum Gasteiger partial charge on any atom is 0.416 e. The van der Waals surface area contributed by atoms with Crippen molar-refractivity contribution in [2.45, 2.75) is 94.2 Å². The zero-order valence-electron chi connectivity index (χ0n) is 51.3. The van der Waals surface area contributed by atoms with Crippen LogP contribution in [0.15, 0.2) is 86.8 Å². The summed E-state index contributed by atoms with van der Waals surface area (Å²) in [4.78, 5) is 68.9. The Balaban J connectivity index is 0.652. The Kier molecular flexibility index (Phi) is 19.2. The van der Waals surface area contributed by atoms with Gasteiger partial charge in [-0.15, -0.1) is 0 Å². The maximum atomic E-state index is 15.2. The zero-order valence-corrected chi connectivity index (χ0v) is 51.3. The number of rotatable bonds is 19. The standard InChI is InChI=1S/C61H52F15N15O9/c1-26-37-10-27(62)13-41(65)45(37)98-44(26)50(59(68,69)70)86-56(93)83-31-18-79-54(80-19-31)90-7-3-34(23-90)96-9-5-36-38-11-28(63)14-42(66)46(38)99-48(36)51(60(71,72)73)87-57(94)84-32-20-81-55(82-21-32)91-8-4-35(24-91)97-25-40-39-12-29(64)15-43(67)47(39)100-49(40)52(61(74,75)76)88-58(95)85-30-16-77-53(78-17-30)89-6-2-33(92)22-89/h10-21,33-35,50-52,92H,2-9,22-25H2,1H3,(H2,83,86,93)(H2,84,87,94)(H2,85,88,95)/t33-,34-,35-,50?,51+,52-/m0/s1. The number of fused-ring (bicyclic) bond motifs is 3. The predicted molar refractivity (Wildman–Crippen MR) is 321 cm³/mol. The van der Waals surface area contributed by atoms with Gasteiger partial charge in [0.1, 0.15) is 34.7 Å². The highest BCUT2D eigenvalue weighted by Crippen LogP contribution is 2.44. The molecule has 24 nitrogen and oxygen atoms in total. The number of aliphatic hydroxyl groups is 1. The first kappa shape index (κ1) is 69.5. The van der Waals surface area contributed by atoms with Gasteiger partial charge in [-0.1, -0.05) is 0 Å². The molecule has 3 saturated heterocycles. The minimum Gasteiger partial charge on any atom is -0.455 e. The van der Waals surface area contributed by atoms with Crippen LogP contribution in [0.1, 0.15) is 71.4 Å². The largest absolute Gasteiger partial charge is 0.455 e. The SMILES string of the molecule is Cc1c(C(NC(=O)Nc2cnc(N3CC[C@H](OCCc4c([C@@H](NC(=O)Nc5cnc(N6CC[C@H](OCc7c([C@H](NC(=O)Nc8cnc(N9CC[C@H](O)C9)nc8)C(F)(F)F)oc8c(F)cc(F)cc78)C6)nc5)C(F)(F)F)oc5c(F)cc(F)cc45)C3)nc2)C(F)(F)F)oc2c(F)cc(F)cc12. The van der Waals surface area contributed by atoms with Crippen LogP contribution in [-0.4, -0.2) is 136 Å². The van der Waals surface area contributed by atoms with E-state index in [1.807, 2.05) is 0 Å². The number of amides is 6.